The summed E-state index contributed by atoms with van der Waals surface area (Å²) in [7, 11) is -3.99. The zero-order valence-corrected chi connectivity index (χ0v) is 20.4. The van der Waals surface area contributed by atoms with Gasteiger partial charge in [-0.05, 0) is 68.3 Å². The molecule has 0 bridgehead atoms. The summed E-state index contributed by atoms with van der Waals surface area (Å²) >= 11 is 6.26. The molecule has 174 valence electrons. The highest BCUT2D eigenvalue weighted by Gasteiger charge is 2.28. The van der Waals surface area contributed by atoms with E-state index in [-0.39, 0.29) is 10.9 Å². The van der Waals surface area contributed by atoms with Gasteiger partial charge in [-0.3, -0.25) is 9.10 Å². The SMILES string of the molecule is CCOc1ccc([C@@H](C)NC(=O)CN(c2ccc(C)c(Cl)c2)S(=O)(=O)c2ccccc2)cc1. The van der Waals surface area contributed by atoms with Crippen molar-refractivity contribution in [3.8, 4) is 5.75 Å². The second-order valence-corrected chi connectivity index (χ2v) is 9.82. The van der Waals surface area contributed by atoms with E-state index in [0.717, 1.165) is 21.2 Å². The molecule has 3 aromatic rings. The quantitative estimate of drug-likeness (QED) is 0.455. The monoisotopic (exact) mass is 486 g/mol. The summed E-state index contributed by atoms with van der Waals surface area (Å²) in [6, 6.07) is 20.0. The number of halogens is 1. The Morgan fingerprint density at radius 3 is 2.33 bits per heavy atom. The van der Waals surface area contributed by atoms with E-state index in [1.807, 2.05) is 45.0 Å². The standard InChI is InChI=1S/C25H27ClN2O4S/c1-4-32-22-14-11-20(12-15-22)19(3)27-25(29)17-28(21-13-10-18(2)24(26)16-21)33(30,31)23-8-6-5-7-9-23/h5-16,19H,4,17H2,1-3H3,(H,27,29)/t19-/m1/s1. The van der Waals surface area contributed by atoms with Crippen molar-refractivity contribution in [2.75, 3.05) is 17.5 Å². The Morgan fingerprint density at radius 2 is 1.73 bits per heavy atom. The van der Waals surface area contributed by atoms with Crippen LogP contribution in [0.5, 0.6) is 5.75 Å². The van der Waals surface area contributed by atoms with Crippen LogP contribution in [0.2, 0.25) is 5.02 Å². The average molecular weight is 487 g/mol. The first-order valence-electron chi connectivity index (χ1n) is 10.6. The molecular formula is C25H27ClN2O4S. The number of nitrogens with zero attached hydrogens (tertiary/aromatic N) is 1. The minimum Gasteiger partial charge on any atom is -0.494 e. The van der Waals surface area contributed by atoms with Crippen LogP contribution < -0.4 is 14.4 Å². The van der Waals surface area contributed by atoms with Crippen molar-refractivity contribution in [3.63, 3.8) is 0 Å². The van der Waals surface area contributed by atoms with Crippen LogP contribution in [0.3, 0.4) is 0 Å². The van der Waals surface area contributed by atoms with Crippen LogP contribution in [0.1, 0.15) is 31.0 Å². The summed E-state index contributed by atoms with van der Waals surface area (Å²) < 4.78 is 33.3. The maximum absolute atomic E-state index is 13.4. The van der Waals surface area contributed by atoms with Crippen molar-refractivity contribution in [2.24, 2.45) is 0 Å². The number of sulfonamides is 1. The zero-order valence-electron chi connectivity index (χ0n) is 18.8. The van der Waals surface area contributed by atoms with E-state index in [4.69, 9.17) is 16.3 Å². The summed E-state index contributed by atoms with van der Waals surface area (Å²) in [4.78, 5) is 13.0. The van der Waals surface area contributed by atoms with Gasteiger partial charge in [-0.2, -0.15) is 0 Å². The number of hydrogen-bond acceptors (Lipinski definition) is 4. The predicted molar refractivity (Wildman–Crippen MR) is 131 cm³/mol. The second-order valence-electron chi connectivity index (χ2n) is 7.55. The fraction of sp³-hybridized carbons (Fsp3) is 0.240. The highest BCUT2D eigenvalue weighted by atomic mass is 35.5. The van der Waals surface area contributed by atoms with Gasteiger partial charge in [0.05, 0.1) is 23.2 Å². The number of ether oxygens (including phenoxy) is 1. The van der Waals surface area contributed by atoms with Gasteiger partial charge in [-0.1, -0.05) is 48.0 Å². The van der Waals surface area contributed by atoms with E-state index in [1.165, 1.54) is 12.1 Å². The number of nitrogens with one attached hydrogen (secondary N) is 1. The normalized spacial score (nSPS) is 12.1. The van der Waals surface area contributed by atoms with Gasteiger partial charge in [-0.15, -0.1) is 0 Å². The van der Waals surface area contributed by atoms with Gasteiger partial charge >= 0.3 is 0 Å². The maximum Gasteiger partial charge on any atom is 0.264 e. The summed E-state index contributed by atoms with van der Waals surface area (Å²) in [6.45, 7) is 5.76. The minimum absolute atomic E-state index is 0.0917. The van der Waals surface area contributed by atoms with E-state index in [0.29, 0.717) is 17.3 Å². The first kappa shape index (κ1) is 24.6. The third-order valence-electron chi connectivity index (χ3n) is 5.13. The number of anilines is 1. The van der Waals surface area contributed by atoms with E-state index in [2.05, 4.69) is 5.32 Å². The van der Waals surface area contributed by atoms with Gasteiger partial charge < -0.3 is 10.1 Å². The van der Waals surface area contributed by atoms with Gasteiger partial charge in [0, 0.05) is 5.02 Å². The van der Waals surface area contributed by atoms with Gasteiger partial charge in [0.25, 0.3) is 10.0 Å². The molecule has 0 unspecified atom stereocenters. The van der Waals surface area contributed by atoms with Gasteiger partial charge in [0.15, 0.2) is 0 Å². The molecule has 3 rings (SSSR count). The van der Waals surface area contributed by atoms with Crippen molar-refractivity contribution in [1.29, 1.82) is 0 Å². The summed E-state index contributed by atoms with van der Waals surface area (Å²) in [5.74, 6) is 0.309. The molecule has 3 aromatic carbocycles. The third kappa shape index (κ3) is 6.06. The molecule has 1 amide bonds. The molecule has 0 heterocycles. The minimum atomic E-state index is -3.99. The van der Waals surface area contributed by atoms with E-state index in [9.17, 15) is 13.2 Å². The molecule has 1 N–H and O–H groups in total. The number of rotatable bonds is 9. The number of benzene rings is 3. The average Bonchev–Trinajstić information content (AvgIpc) is 2.80. The highest BCUT2D eigenvalue weighted by Crippen LogP contribution is 2.28. The Hall–Kier alpha value is -3.03. The number of amides is 1. The highest BCUT2D eigenvalue weighted by molar-refractivity contribution is 7.92. The molecule has 0 aliphatic rings. The van der Waals surface area contributed by atoms with Crippen LogP contribution in [-0.4, -0.2) is 27.5 Å². The number of hydrogen-bond donors (Lipinski definition) is 1. The van der Waals surface area contributed by atoms with Crippen molar-refractivity contribution in [1.82, 2.24) is 5.32 Å². The molecule has 33 heavy (non-hydrogen) atoms. The van der Waals surface area contributed by atoms with E-state index in [1.54, 1.807) is 36.4 Å². The topological polar surface area (TPSA) is 75.7 Å². The van der Waals surface area contributed by atoms with Gasteiger partial charge in [-0.25, -0.2) is 8.42 Å². The lowest BCUT2D eigenvalue weighted by molar-refractivity contribution is -0.120. The molecular weight excluding hydrogens is 460 g/mol. The zero-order chi connectivity index (χ0) is 24.0. The molecule has 0 aliphatic heterocycles. The fourth-order valence-electron chi connectivity index (χ4n) is 3.29. The van der Waals surface area contributed by atoms with Crippen LogP contribution in [0.4, 0.5) is 5.69 Å². The van der Waals surface area contributed by atoms with Crippen molar-refractivity contribution in [3.05, 3.63) is 88.9 Å². The Bertz CT molecular complexity index is 1200. The largest absolute Gasteiger partial charge is 0.494 e. The lowest BCUT2D eigenvalue weighted by Crippen LogP contribution is -2.41. The van der Waals surface area contributed by atoms with Crippen LogP contribution in [0.15, 0.2) is 77.7 Å². The maximum atomic E-state index is 13.4. The summed E-state index contributed by atoms with van der Waals surface area (Å²) in [6.07, 6.45) is 0. The van der Waals surface area contributed by atoms with Gasteiger partial charge in [0.1, 0.15) is 12.3 Å². The smallest absolute Gasteiger partial charge is 0.264 e. The molecule has 8 heteroatoms. The molecule has 0 saturated heterocycles. The number of carbonyl (C=O) groups is 1. The predicted octanol–water partition coefficient (Wildman–Crippen LogP) is 5.12. The van der Waals surface area contributed by atoms with Crippen molar-refractivity contribution < 1.29 is 17.9 Å². The Kier molecular flexibility index (Phi) is 8.00. The van der Waals surface area contributed by atoms with Gasteiger partial charge in [0.2, 0.25) is 5.91 Å². The van der Waals surface area contributed by atoms with Crippen LogP contribution in [0, 0.1) is 6.92 Å². The Labute approximate surface area is 200 Å². The second kappa shape index (κ2) is 10.7. The molecule has 0 spiro atoms. The molecule has 0 aliphatic carbocycles. The Balaban J connectivity index is 1.85. The van der Waals surface area contributed by atoms with E-state index < -0.39 is 22.5 Å². The summed E-state index contributed by atoms with van der Waals surface area (Å²) in [5.41, 5.74) is 2.01. The van der Waals surface area contributed by atoms with Crippen LogP contribution in [0.25, 0.3) is 0 Å². The first-order valence-corrected chi connectivity index (χ1v) is 12.4. The molecule has 0 saturated carbocycles. The lowest BCUT2D eigenvalue weighted by atomic mass is 10.1. The molecule has 0 aromatic heterocycles. The molecule has 1 atom stereocenters. The first-order chi connectivity index (χ1) is 15.7. The van der Waals surface area contributed by atoms with Crippen LogP contribution in [-0.2, 0) is 14.8 Å². The van der Waals surface area contributed by atoms with E-state index >= 15 is 0 Å². The Morgan fingerprint density at radius 1 is 1.06 bits per heavy atom. The number of carbonyl (C=O) groups excluding carboxylic acids is 1. The lowest BCUT2D eigenvalue weighted by Gasteiger charge is -2.25. The molecule has 0 radical (unpaired) electrons. The number of aryl methyl sites for hydroxylation is 1. The van der Waals surface area contributed by atoms with Crippen molar-refractivity contribution in [2.45, 2.75) is 31.7 Å². The molecule has 0 fully saturated rings. The third-order valence-corrected chi connectivity index (χ3v) is 7.33. The van der Waals surface area contributed by atoms with Crippen LogP contribution >= 0.6 is 11.6 Å². The van der Waals surface area contributed by atoms with Crippen molar-refractivity contribution >= 4 is 33.2 Å². The molecule has 6 nitrogen and oxygen atoms in total. The fourth-order valence-corrected chi connectivity index (χ4v) is 4.90. The summed E-state index contributed by atoms with van der Waals surface area (Å²) in [5, 5.41) is 3.30.